The second kappa shape index (κ2) is 8.32. The molecule has 3 amide bonds. The molecule has 3 aromatic rings. The van der Waals surface area contributed by atoms with Crippen molar-refractivity contribution in [2.45, 2.75) is 6.54 Å². The van der Waals surface area contributed by atoms with Gasteiger partial charge in [-0.3, -0.25) is 4.79 Å². The fourth-order valence-electron chi connectivity index (χ4n) is 2.04. The molecule has 0 spiro atoms. The Morgan fingerprint density at radius 3 is 2.52 bits per heavy atom. The Hall–Kier alpha value is -3.40. The van der Waals surface area contributed by atoms with Crippen LogP contribution in [0.1, 0.15) is 14.8 Å². The topological polar surface area (TPSA) is 96.0 Å². The lowest BCUT2D eigenvalue weighted by Crippen LogP contribution is -2.28. The molecule has 1 aromatic heterocycles. The summed E-state index contributed by atoms with van der Waals surface area (Å²) in [6.45, 7) is -0.00900. The Bertz CT molecular complexity index is 965. The molecule has 7 nitrogen and oxygen atoms in total. The molecule has 0 bridgehead atoms. The summed E-state index contributed by atoms with van der Waals surface area (Å²) in [5.41, 5.74) is 0.465. The number of nitrogens with one attached hydrogen (secondary N) is 3. The third-order valence-corrected chi connectivity index (χ3v) is 4.19. The van der Waals surface area contributed by atoms with E-state index in [1.54, 1.807) is 24.3 Å². The molecule has 0 aliphatic rings. The standard InChI is InChI=1S/C17H13F2N5O2S/c18-10-6-7-13(12(19)8-10)22-17(26)20-9-14-23-24-16(27-14)15(25)21-11-4-2-1-3-5-11/h1-8H,9H2,(H,21,25)(H2,20,22,26). The van der Waals surface area contributed by atoms with Crippen molar-refractivity contribution < 1.29 is 18.4 Å². The molecule has 27 heavy (non-hydrogen) atoms. The number of aromatic nitrogens is 2. The summed E-state index contributed by atoms with van der Waals surface area (Å²) in [6, 6.07) is 11.0. The lowest BCUT2D eigenvalue weighted by molar-refractivity contribution is 0.102. The Balaban J connectivity index is 1.53. The molecule has 2 aromatic carbocycles. The summed E-state index contributed by atoms with van der Waals surface area (Å²) in [7, 11) is 0. The first-order valence-corrected chi connectivity index (χ1v) is 8.51. The van der Waals surface area contributed by atoms with Gasteiger partial charge in [-0.15, -0.1) is 10.2 Å². The summed E-state index contributed by atoms with van der Waals surface area (Å²) >= 11 is 1.01. The summed E-state index contributed by atoms with van der Waals surface area (Å²) in [6.07, 6.45) is 0. The van der Waals surface area contributed by atoms with Gasteiger partial charge in [-0.2, -0.15) is 0 Å². The van der Waals surface area contributed by atoms with Crippen LogP contribution in [-0.4, -0.2) is 22.1 Å². The van der Waals surface area contributed by atoms with Crippen LogP contribution in [0.5, 0.6) is 0 Å². The van der Waals surface area contributed by atoms with E-state index in [0.717, 1.165) is 23.5 Å². The summed E-state index contributed by atoms with van der Waals surface area (Å²) in [5.74, 6) is -2.04. The highest BCUT2D eigenvalue weighted by Gasteiger charge is 2.14. The molecule has 0 saturated carbocycles. The number of carbonyl (C=O) groups is 2. The average molecular weight is 389 g/mol. The number of hydrogen-bond acceptors (Lipinski definition) is 5. The van der Waals surface area contributed by atoms with Crippen LogP contribution in [0, 0.1) is 11.6 Å². The van der Waals surface area contributed by atoms with Gasteiger partial charge in [0.25, 0.3) is 5.91 Å². The molecule has 138 valence electrons. The maximum Gasteiger partial charge on any atom is 0.319 e. The van der Waals surface area contributed by atoms with Crippen molar-refractivity contribution in [3.63, 3.8) is 0 Å². The molecule has 3 rings (SSSR count). The Labute approximate surface area is 156 Å². The van der Waals surface area contributed by atoms with Crippen LogP contribution in [-0.2, 0) is 6.54 Å². The van der Waals surface area contributed by atoms with Crippen molar-refractivity contribution in [2.24, 2.45) is 0 Å². The van der Waals surface area contributed by atoms with Gasteiger partial charge in [-0.1, -0.05) is 29.5 Å². The number of rotatable bonds is 5. The highest BCUT2D eigenvalue weighted by molar-refractivity contribution is 7.13. The maximum atomic E-state index is 13.5. The second-order valence-corrected chi connectivity index (χ2v) is 6.32. The van der Waals surface area contributed by atoms with Crippen LogP contribution in [0.2, 0.25) is 0 Å². The monoisotopic (exact) mass is 389 g/mol. The number of para-hydroxylation sites is 1. The number of urea groups is 1. The minimum atomic E-state index is -0.888. The number of hydrogen-bond donors (Lipinski definition) is 3. The minimum absolute atomic E-state index is 0.00900. The second-order valence-electron chi connectivity index (χ2n) is 5.25. The number of anilines is 2. The predicted molar refractivity (Wildman–Crippen MR) is 96.5 cm³/mol. The molecule has 10 heteroatoms. The molecule has 0 saturated heterocycles. The Morgan fingerprint density at radius 1 is 1.00 bits per heavy atom. The smallest absolute Gasteiger partial charge is 0.319 e. The lowest BCUT2D eigenvalue weighted by atomic mass is 10.3. The predicted octanol–water partition coefficient (Wildman–Crippen LogP) is 3.39. The fourth-order valence-corrected chi connectivity index (χ4v) is 2.71. The molecular weight excluding hydrogens is 376 g/mol. The van der Waals surface area contributed by atoms with Crippen molar-refractivity contribution in [2.75, 3.05) is 10.6 Å². The van der Waals surface area contributed by atoms with Crippen molar-refractivity contribution in [1.82, 2.24) is 15.5 Å². The molecule has 0 aliphatic heterocycles. The van der Waals surface area contributed by atoms with Gasteiger partial charge in [-0.25, -0.2) is 13.6 Å². The molecule has 3 N–H and O–H groups in total. The van der Waals surface area contributed by atoms with Crippen LogP contribution in [0.3, 0.4) is 0 Å². The van der Waals surface area contributed by atoms with Gasteiger partial charge in [0.1, 0.15) is 16.6 Å². The molecule has 0 aliphatic carbocycles. The minimum Gasteiger partial charge on any atom is -0.331 e. The number of halogens is 2. The largest absolute Gasteiger partial charge is 0.331 e. The highest BCUT2D eigenvalue weighted by atomic mass is 32.1. The number of benzene rings is 2. The van der Waals surface area contributed by atoms with Crippen LogP contribution in [0.25, 0.3) is 0 Å². The highest BCUT2D eigenvalue weighted by Crippen LogP contribution is 2.15. The molecule has 0 fully saturated rings. The van der Waals surface area contributed by atoms with E-state index in [1.807, 2.05) is 6.07 Å². The number of nitrogens with zero attached hydrogens (tertiary/aromatic N) is 2. The van der Waals surface area contributed by atoms with Crippen molar-refractivity contribution in [1.29, 1.82) is 0 Å². The molecule has 0 radical (unpaired) electrons. The lowest BCUT2D eigenvalue weighted by Gasteiger charge is -2.07. The zero-order chi connectivity index (χ0) is 19.2. The van der Waals surface area contributed by atoms with Crippen molar-refractivity contribution >= 4 is 34.6 Å². The van der Waals surface area contributed by atoms with Gasteiger partial charge in [-0.05, 0) is 24.3 Å². The van der Waals surface area contributed by atoms with E-state index < -0.39 is 23.6 Å². The van der Waals surface area contributed by atoms with Gasteiger partial charge in [0.2, 0.25) is 5.01 Å². The third kappa shape index (κ3) is 5.05. The SMILES string of the molecule is O=C(NCc1nnc(C(=O)Nc2ccccc2)s1)Nc1ccc(F)cc1F. The molecule has 0 atom stereocenters. The summed E-state index contributed by atoms with van der Waals surface area (Å²) in [5, 5.41) is 15.5. The van der Waals surface area contributed by atoms with E-state index in [4.69, 9.17) is 0 Å². The van der Waals surface area contributed by atoms with E-state index in [9.17, 15) is 18.4 Å². The zero-order valence-corrected chi connectivity index (χ0v) is 14.5. The van der Waals surface area contributed by atoms with Crippen molar-refractivity contribution in [3.05, 3.63) is 70.2 Å². The van der Waals surface area contributed by atoms with Crippen LogP contribution < -0.4 is 16.0 Å². The summed E-state index contributed by atoms with van der Waals surface area (Å²) in [4.78, 5) is 23.9. The quantitative estimate of drug-likeness (QED) is 0.623. The first-order valence-electron chi connectivity index (χ1n) is 7.70. The van der Waals surface area contributed by atoms with Gasteiger partial charge < -0.3 is 16.0 Å². The first kappa shape index (κ1) is 18.4. The van der Waals surface area contributed by atoms with Crippen LogP contribution >= 0.6 is 11.3 Å². The zero-order valence-electron chi connectivity index (χ0n) is 13.7. The molecule has 1 heterocycles. The Kier molecular flexibility index (Phi) is 5.67. The van der Waals surface area contributed by atoms with Crippen LogP contribution in [0.4, 0.5) is 25.0 Å². The van der Waals surface area contributed by atoms with Gasteiger partial charge in [0.05, 0.1) is 12.2 Å². The van der Waals surface area contributed by atoms with Crippen molar-refractivity contribution in [3.8, 4) is 0 Å². The third-order valence-electron chi connectivity index (χ3n) is 3.27. The van der Waals surface area contributed by atoms with E-state index in [-0.39, 0.29) is 17.2 Å². The fraction of sp³-hybridized carbons (Fsp3) is 0.0588. The normalized spacial score (nSPS) is 10.3. The Morgan fingerprint density at radius 2 is 1.78 bits per heavy atom. The van der Waals surface area contributed by atoms with Crippen LogP contribution in [0.15, 0.2) is 48.5 Å². The molecular formula is C17H13F2N5O2S. The average Bonchev–Trinajstić information content (AvgIpc) is 3.12. The summed E-state index contributed by atoms with van der Waals surface area (Å²) < 4.78 is 26.3. The first-order chi connectivity index (χ1) is 13.0. The number of carbonyl (C=O) groups excluding carboxylic acids is 2. The van der Waals surface area contributed by atoms with E-state index in [1.165, 1.54) is 0 Å². The number of amides is 3. The van der Waals surface area contributed by atoms with Gasteiger partial charge in [0, 0.05) is 11.8 Å². The van der Waals surface area contributed by atoms with E-state index >= 15 is 0 Å². The van der Waals surface area contributed by atoms with Gasteiger partial charge in [0.15, 0.2) is 0 Å². The maximum absolute atomic E-state index is 13.5. The van der Waals surface area contributed by atoms with Gasteiger partial charge >= 0.3 is 6.03 Å². The van der Waals surface area contributed by atoms with E-state index in [0.29, 0.717) is 16.8 Å². The van der Waals surface area contributed by atoms with E-state index in [2.05, 4.69) is 26.1 Å². The molecule has 0 unspecified atom stereocenters.